The minimum atomic E-state index is -2.82. The number of alkyl halides is 2. The molecule has 0 radical (unpaired) electrons. The summed E-state index contributed by atoms with van der Waals surface area (Å²) in [6.45, 7) is 0.185. The molecule has 0 aliphatic carbocycles. The minimum Gasteiger partial charge on any atom is -0.373 e. The zero-order chi connectivity index (χ0) is 11.1. The number of fused-ring (bicyclic) bond motifs is 1. The molecular weight excluding hydrogens is 198 g/mol. The van der Waals surface area contributed by atoms with Crippen molar-refractivity contribution in [2.45, 2.75) is 18.4 Å². The summed E-state index contributed by atoms with van der Waals surface area (Å²) in [6.07, 6.45) is -0.269. The Kier molecular flexibility index (Phi) is 2.38. The van der Waals surface area contributed by atoms with E-state index in [0.717, 1.165) is 5.69 Å². The highest BCUT2D eigenvalue weighted by Crippen LogP contribution is 2.32. The number of rotatable bonds is 0. The Hall–Kier alpha value is -1.16. The standard InChI is InChI=1S/C11H14F2N2/c1-15-7-10(14)11(12,13)6-8-4-2-3-5-9(8)15/h2-5,10H,6-7,14H2,1H3. The number of hydrogen-bond acceptors (Lipinski definition) is 2. The van der Waals surface area contributed by atoms with Gasteiger partial charge in [-0.05, 0) is 11.6 Å². The number of hydrogen-bond donors (Lipinski definition) is 1. The molecule has 0 fully saturated rings. The fourth-order valence-corrected chi connectivity index (χ4v) is 1.94. The summed E-state index contributed by atoms with van der Waals surface area (Å²) in [5.41, 5.74) is 7.01. The smallest absolute Gasteiger partial charge is 0.268 e. The number of halogens is 2. The first-order valence-corrected chi connectivity index (χ1v) is 4.93. The van der Waals surface area contributed by atoms with E-state index in [1.807, 2.05) is 12.1 Å². The van der Waals surface area contributed by atoms with Gasteiger partial charge in [-0.3, -0.25) is 0 Å². The maximum Gasteiger partial charge on any atom is 0.268 e. The van der Waals surface area contributed by atoms with E-state index in [1.165, 1.54) is 0 Å². The lowest BCUT2D eigenvalue weighted by molar-refractivity contribution is -0.0199. The van der Waals surface area contributed by atoms with Crippen LogP contribution in [0, 0.1) is 0 Å². The van der Waals surface area contributed by atoms with Gasteiger partial charge in [-0.2, -0.15) is 0 Å². The van der Waals surface area contributed by atoms with Crippen LogP contribution in [0.5, 0.6) is 0 Å². The maximum absolute atomic E-state index is 13.6. The first-order valence-electron chi connectivity index (χ1n) is 4.93. The third kappa shape index (κ3) is 1.81. The van der Waals surface area contributed by atoms with Gasteiger partial charge in [0.25, 0.3) is 5.92 Å². The molecule has 15 heavy (non-hydrogen) atoms. The molecule has 0 amide bonds. The van der Waals surface area contributed by atoms with Crippen molar-refractivity contribution in [3.63, 3.8) is 0 Å². The van der Waals surface area contributed by atoms with Gasteiger partial charge in [-0.1, -0.05) is 18.2 Å². The van der Waals surface area contributed by atoms with Gasteiger partial charge in [0.05, 0.1) is 6.04 Å². The molecule has 2 nitrogen and oxygen atoms in total. The van der Waals surface area contributed by atoms with E-state index < -0.39 is 12.0 Å². The van der Waals surface area contributed by atoms with Crippen LogP contribution in [0.25, 0.3) is 0 Å². The molecule has 0 bridgehead atoms. The molecule has 0 aromatic heterocycles. The van der Waals surface area contributed by atoms with E-state index in [-0.39, 0.29) is 13.0 Å². The van der Waals surface area contributed by atoms with Crippen LogP contribution in [-0.2, 0) is 6.42 Å². The van der Waals surface area contributed by atoms with Crippen molar-refractivity contribution in [1.82, 2.24) is 0 Å². The van der Waals surface area contributed by atoms with Crippen LogP contribution in [-0.4, -0.2) is 25.6 Å². The van der Waals surface area contributed by atoms with Gasteiger partial charge in [0.2, 0.25) is 0 Å². The van der Waals surface area contributed by atoms with Crippen molar-refractivity contribution < 1.29 is 8.78 Å². The van der Waals surface area contributed by atoms with Crippen molar-refractivity contribution in [2.24, 2.45) is 5.73 Å². The number of likely N-dealkylation sites (N-methyl/N-ethyl adjacent to an activating group) is 1. The van der Waals surface area contributed by atoms with Crippen molar-refractivity contribution in [1.29, 1.82) is 0 Å². The molecule has 2 N–H and O–H groups in total. The summed E-state index contributed by atoms with van der Waals surface area (Å²) >= 11 is 0. The minimum absolute atomic E-state index is 0.185. The van der Waals surface area contributed by atoms with Crippen LogP contribution in [0.15, 0.2) is 24.3 Å². The molecule has 0 saturated carbocycles. The molecule has 1 unspecified atom stereocenters. The van der Waals surface area contributed by atoms with E-state index in [1.54, 1.807) is 24.1 Å². The number of nitrogens with two attached hydrogens (primary N) is 1. The first-order chi connectivity index (χ1) is 7.00. The Labute approximate surface area is 87.7 Å². The third-order valence-corrected chi connectivity index (χ3v) is 2.84. The van der Waals surface area contributed by atoms with Crippen molar-refractivity contribution in [2.75, 3.05) is 18.5 Å². The van der Waals surface area contributed by atoms with E-state index in [4.69, 9.17) is 5.73 Å². The molecular formula is C11H14F2N2. The summed E-state index contributed by atoms with van der Waals surface area (Å²) in [4.78, 5) is 1.79. The fraction of sp³-hybridized carbons (Fsp3) is 0.455. The zero-order valence-corrected chi connectivity index (χ0v) is 8.58. The predicted octanol–water partition coefficient (Wildman–Crippen LogP) is 1.64. The van der Waals surface area contributed by atoms with Crippen LogP contribution in [0.1, 0.15) is 5.56 Å². The molecule has 1 aliphatic heterocycles. The lowest BCUT2D eigenvalue weighted by Crippen LogP contribution is -2.47. The van der Waals surface area contributed by atoms with Crippen LogP contribution in [0.4, 0.5) is 14.5 Å². The predicted molar refractivity (Wildman–Crippen MR) is 56.3 cm³/mol. The highest BCUT2D eigenvalue weighted by Gasteiger charge is 2.40. The first kappa shape index (κ1) is 10.4. The summed E-state index contributed by atoms with van der Waals surface area (Å²) in [5, 5.41) is 0. The van der Waals surface area contributed by atoms with Crippen molar-refractivity contribution >= 4 is 5.69 Å². The molecule has 0 saturated heterocycles. The summed E-state index contributed by atoms with van der Waals surface area (Å²) < 4.78 is 27.1. The number of para-hydroxylation sites is 1. The zero-order valence-electron chi connectivity index (χ0n) is 8.58. The quantitative estimate of drug-likeness (QED) is 0.708. The molecule has 0 spiro atoms. The summed E-state index contributed by atoms with van der Waals surface area (Å²) in [6, 6.07) is 6.11. The fourth-order valence-electron chi connectivity index (χ4n) is 1.94. The van der Waals surface area contributed by atoms with Gasteiger partial charge in [-0.25, -0.2) is 8.78 Å². The van der Waals surface area contributed by atoms with E-state index in [2.05, 4.69) is 0 Å². The second-order valence-electron chi connectivity index (χ2n) is 4.05. The van der Waals surface area contributed by atoms with E-state index >= 15 is 0 Å². The monoisotopic (exact) mass is 212 g/mol. The van der Waals surface area contributed by atoms with Crippen LogP contribution < -0.4 is 10.6 Å². The van der Waals surface area contributed by atoms with Crippen LogP contribution >= 0.6 is 0 Å². The van der Waals surface area contributed by atoms with Gasteiger partial charge < -0.3 is 10.6 Å². The van der Waals surface area contributed by atoms with Gasteiger partial charge >= 0.3 is 0 Å². The van der Waals surface area contributed by atoms with Gasteiger partial charge in [0.15, 0.2) is 0 Å². The number of anilines is 1. The number of nitrogens with zero attached hydrogens (tertiary/aromatic N) is 1. The molecule has 1 heterocycles. The lowest BCUT2D eigenvalue weighted by atomic mass is 10.0. The van der Waals surface area contributed by atoms with Gasteiger partial charge in [0.1, 0.15) is 0 Å². The molecule has 1 aromatic carbocycles. The topological polar surface area (TPSA) is 29.3 Å². The Morgan fingerprint density at radius 3 is 2.80 bits per heavy atom. The lowest BCUT2D eigenvalue weighted by Gasteiger charge is -2.23. The second kappa shape index (κ2) is 3.45. The largest absolute Gasteiger partial charge is 0.373 e. The van der Waals surface area contributed by atoms with Crippen LogP contribution in [0.3, 0.4) is 0 Å². The normalized spacial score (nSPS) is 24.5. The highest BCUT2D eigenvalue weighted by atomic mass is 19.3. The molecule has 1 aliphatic rings. The molecule has 82 valence electrons. The highest BCUT2D eigenvalue weighted by molar-refractivity contribution is 5.54. The van der Waals surface area contributed by atoms with E-state index in [9.17, 15) is 8.78 Å². The summed E-state index contributed by atoms with van der Waals surface area (Å²) in [7, 11) is 1.79. The van der Waals surface area contributed by atoms with Gasteiger partial charge in [0, 0.05) is 25.7 Å². The summed E-state index contributed by atoms with van der Waals surface area (Å²) in [5.74, 6) is -2.82. The van der Waals surface area contributed by atoms with E-state index in [0.29, 0.717) is 5.56 Å². The molecule has 4 heteroatoms. The third-order valence-electron chi connectivity index (χ3n) is 2.84. The Balaban J connectivity index is 2.44. The molecule has 2 rings (SSSR count). The SMILES string of the molecule is CN1CC(N)C(F)(F)Cc2ccccc21. The average Bonchev–Trinajstić information content (AvgIpc) is 2.24. The molecule has 1 atom stereocenters. The average molecular weight is 212 g/mol. The second-order valence-corrected chi connectivity index (χ2v) is 4.05. The molecule has 1 aromatic rings. The maximum atomic E-state index is 13.6. The van der Waals surface area contributed by atoms with Crippen molar-refractivity contribution in [3.05, 3.63) is 29.8 Å². The van der Waals surface area contributed by atoms with Crippen molar-refractivity contribution in [3.8, 4) is 0 Å². The Bertz CT molecular complexity index is 365. The number of benzene rings is 1. The Morgan fingerprint density at radius 2 is 2.07 bits per heavy atom. The van der Waals surface area contributed by atoms with Crippen LogP contribution in [0.2, 0.25) is 0 Å². The van der Waals surface area contributed by atoms with Gasteiger partial charge in [-0.15, -0.1) is 0 Å². The Morgan fingerprint density at radius 1 is 1.40 bits per heavy atom.